The number of nitrogens with zero attached hydrogens (tertiary/aromatic N) is 1. The molecule has 0 radical (unpaired) electrons. The fraction of sp³-hybridized carbons (Fsp3) is 0.444. The molecule has 1 aromatic heterocycles. The zero-order chi connectivity index (χ0) is 11.3. The van der Waals surface area contributed by atoms with E-state index >= 15 is 0 Å². The van der Waals surface area contributed by atoms with E-state index in [1.165, 1.54) is 11.3 Å². The van der Waals surface area contributed by atoms with Crippen molar-refractivity contribution in [2.24, 2.45) is 4.99 Å². The van der Waals surface area contributed by atoms with E-state index in [0.717, 1.165) is 4.88 Å². The minimum Gasteiger partial charge on any atom is -0.386 e. The highest BCUT2D eigenvalue weighted by atomic mass is 35.5. The molecule has 1 atom stereocenters. The van der Waals surface area contributed by atoms with E-state index < -0.39 is 6.10 Å². The number of aliphatic hydroxyl groups is 1. The molecular formula is C9H14ClN3OS. The van der Waals surface area contributed by atoms with Crippen LogP contribution in [0.15, 0.2) is 17.1 Å². The van der Waals surface area contributed by atoms with E-state index in [1.807, 2.05) is 6.07 Å². The first-order valence-electron chi connectivity index (χ1n) is 4.49. The van der Waals surface area contributed by atoms with Gasteiger partial charge in [-0.25, -0.2) is 0 Å². The summed E-state index contributed by atoms with van der Waals surface area (Å²) in [7, 11) is 3.44. The Balaban J connectivity index is 2.46. The number of rotatable bonds is 3. The molecule has 1 aromatic rings. The lowest BCUT2D eigenvalue weighted by Gasteiger charge is -2.12. The van der Waals surface area contributed by atoms with Crippen LogP contribution in [0.5, 0.6) is 0 Å². The highest BCUT2D eigenvalue weighted by molar-refractivity contribution is 7.16. The molecule has 1 heterocycles. The monoisotopic (exact) mass is 247 g/mol. The van der Waals surface area contributed by atoms with Crippen molar-refractivity contribution in [3.63, 3.8) is 0 Å². The molecule has 0 aliphatic heterocycles. The summed E-state index contributed by atoms with van der Waals surface area (Å²) in [5.74, 6) is 0.650. The van der Waals surface area contributed by atoms with E-state index in [2.05, 4.69) is 15.6 Å². The average molecular weight is 248 g/mol. The van der Waals surface area contributed by atoms with Gasteiger partial charge >= 0.3 is 0 Å². The van der Waals surface area contributed by atoms with E-state index in [-0.39, 0.29) is 0 Å². The number of aliphatic imine (C=N–C) groups is 1. The molecule has 6 heteroatoms. The van der Waals surface area contributed by atoms with Crippen molar-refractivity contribution < 1.29 is 5.11 Å². The smallest absolute Gasteiger partial charge is 0.190 e. The molecule has 0 aromatic carbocycles. The largest absolute Gasteiger partial charge is 0.386 e. The first kappa shape index (κ1) is 12.3. The molecule has 84 valence electrons. The zero-order valence-corrected chi connectivity index (χ0v) is 10.2. The Hall–Kier alpha value is -0.780. The summed E-state index contributed by atoms with van der Waals surface area (Å²) < 4.78 is 0.682. The van der Waals surface area contributed by atoms with E-state index in [1.54, 1.807) is 20.2 Å². The van der Waals surface area contributed by atoms with Gasteiger partial charge in [-0.3, -0.25) is 4.99 Å². The maximum Gasteiger partial charge on any atom is 0.190 e. The molecular weight excluding hydrogens is 234 g/mol. The second-order valence-corrected chi connectivity index (χ2v) is 4.61. The van der Waals surface area contributed by atoms with Crippen molar-refractivity contribution in [1.29, 1.82) is 0 Å². The van der Waals surface area contributed by atoms with E-state index in [4.69, 9.17) is 11.6 Å². The molecule has 0 saturated heterocycles. The summed E-state index contributed by atoms with van der Waals surface area (Å²) in [6.45, 7) is 0.407. The van der Waals surface area contributed by atoms with E-state index in [0.29, 0.717) is 16.8 Å². The summed E-state index contributed by atoms with van der Waals surface area (Å²) in [6.07, 6.45) is -0.562. The first-order chi connectivity index (χ1) is 7.17. The number of hydrogen-bond donors (Lipinski definition) is 3. The third-order valence-electron chi connectivity index (χ3n) is 1.85. The molecule has 0 saturated carbocycles. The Morgan fingerprint density at radius 2 is 2.40 bits per heavy atom. The normalized spacial score (nSPS) is 13.7. The van der Waals surface area contributed by atoms with Gasteiger partial charge in [0.25, 0.3) is 0 Å². The van der Waals surface area contributed by atoms with Crippen LogP contribution in [0.3, 0.4) is 0 Å². The fourth-order valence-corrected chi connectivity index (χ4v) is 2.13. The molecule has 0 spiro atoms. The number of aliphatic hydroxyl groups excluding tert-OH is 1. The Bertz CT molecular complexity index is 340. The fourth-order valence-electron chi connectivity index (χ4n) is 1.08. The SMILES string of the molecule is CN=C(NC)NCC(O)c1ccc(Cl)s1. The molecule has 0 aliphatic rings. The molecule has 15 heavy (non-hydrogen) atoms. The number of nitrogens with one attached hydrogen (secondary N) is 2. The second kappa shape index (κ2) is 5.95. The lowest BCUT2D eigenvalue weighted by atomic mass is 10.3. The minimum absolute atomic E-state index is 0.407. The highest BCUT2D eigenvalue weighted by Crippen LogP contribution is 2.26. The van der Waals surface area contributed by atoms with Gasteiger partial charge in [-0.2, -0.15) is 0 Å². The predicted octanol–water partition coefficient (Wildman–Crippen LogP) is 1.23. The molecule has 0 fully saturated rings. The molecule has 0 aliphatic carbocycles. The summed E-state index contributed by atoms with van der Waals surface area (Å²) in [4.78, 5) is 4.78. The van der Waals surface area contributed by atoms with Crippen LogP contribution in [-0.2, 0) is 0 Å². The lowest BCUT2D eigenvalue weighted by Crippen LogP contribution is -2.37. The summed E-state index contributed by atoms with van der Waals surface area (Å²) in [5.41, 5.74) is 0. The van der Waals surface area contributed by atoms with Crippen LogP contribution in [0.25, 0.3) is 0 Å². The lowest BCUT2D eigenvalue weighted by molar-refractivity contribution is 0.184. The van der Waals surface area contributed by atoms with E-state index in [9.17, 15) is 5.11 Å². The zero-order valence-electron chi connectivity index (χ0n) is 8.62. The van der Waals surface area contributed by atoms with Crippen LogP contribution >= 0.6 is 22.9 Å². The number of guanidine groups is 1. The van der Waals surface area contributed by atoms with Gasteiger partial charge in [0.15, 0.2) is 5.96 Å². The molecule has 0 bridgehead atoms. The van der Waals surface area contributed by atoms with Gasteiger partial charge in [-0.1, -0.05) is 11.6 Å². The standard InChI is InChI=1S/C9H14ClN3OS/c1-11-9(12-2)13-5-6(14)7-3-4-8(10)15-7/h3-4,6,14H,5H2,1-2H3,(H2,11,12,13). The molecule has 4 nitrogen and oxygen atoms in total. The van der Waals surface area contributed by atoms with Crippen molar-refractivity contribution in [2.75, 3.05) is 20.6 Å². The van der Waals surface area contributed by atoms with Crippen LogP contribution in [0.1, 0.15) is 11.0 Å². The molecule has 1 unspecified atom stereocenters. The summed E-state index contributed by atoms with van der Waals surface area (Å²) in [5, 5.41) is 15.6. The first-order valence-corrected chi connectivity index (χ1v) is 5.68. The van der Waals surface area contributed by atoms with Crippen molar-refractivity contribution in [3.05, 3.63) is 21.3 Å². The molecule has 1 rings (SSSR count). The third-order valence-corrected chi connectivity index (χ3v) is 3.18. The Morgan fingerprint density at radius 3 is 2.87 bits per heavy atom. The quantitative estimate of drug-likeness (QED) is 0.556. The van der Waals surface area contributed by atoms with Gasteiger partial charge in [0.2, 0.25) is 0 Å². The Kier molecular flexibility index (Phi) is 4.87. The maximum atomic E-state index is 9.78. The van der Waals surface area contributed by atoms with Gasteiger partial charge < -0.3 is 15.7 Å². The predicted molar refractivity (Wildman–Crippen MR) is 64.7 cm³/mol. The van der Waals surface area contributed by atoms with Gasteiger partial charge in [-0.15, -0.1) is 11.3 Å². The number of hydrogen-bond acceptors (Lipinski definition) is 3. The molecule has 0 amide bonds. The van der Waals surface area contributed by atoms with Gasteiger partial charge in [0.1, 0.15) is 6.10 Å². The summed E-state index contributed by atoms with van der Waals surface area (Å²) in [6, 6.07) is 3.60. The Morgan fingerprint density at radius 1 is 1.67 bits per heavy atom. The summed E-state index contributed by atoms with van der Waals surface area (Å²) >= 11 is 7.15. The topological polar surface area (TPSA) is 56.7 Å². The Labute approximate surface area is 98.0 Å². The third kappa shape index (κ3) is 3.70. The van der Waals surface area contributed by atoms with Crippen molar-refractivity contribution >= 4 is 28.9 Å². The van der Waals surface area contributed by atoms with Crippen molar-refractivity contribution in [1.82, 2.24) is 10.6 Å². The maximum absolute atomic E-state index is 9.78. The van der Waals surface area contributed by atoms with Gasteiger partial charge in [0.05, 0.1) is 4.34 Å². The van der Waals surface area contributed by atoms with Crippen LogP contribution in [0.4, 0.5) is 0 Å². The van der Waals surface area contributed by atoms with Crippen molar-refractivity contribution in [2.45, 2.75) is 6.10 Å². The van der Waals surface area contributed by atoms with Crippen LogP contribution in [0, 0.1) is 0 Å². The highest BCUT2D eigenvalue weighted by Gasteiger charge is 2.10. The molecule has 3 N–H and O–H groups in total. The van der Waals surface area contributed by atoms with Crippen molar-refractivity contribution in [3.8, 4) is 0 Å². The average Bonchev–Trinajstić information content (AvgIpc) is 2.66. The van der Waals surface area contributed by atoms with Gasteiger partial charge in [0, 0.05) is 25.5 Å². The van der Waals surface area contributed by atoms with Crippen LogP contribution in [-0.4, -0.2) is 31.7 Å². The second-order valence-electron chi connectivity index (χ2n) is 2.86. The number of halogens is 1. The van der Waals surface area contributed by atoms with Gasteiger partial charge in [-0.05, 0) is 12.1 Å². The number of thiophene rings is 1. The minimum atomic E-state index is -0.562. The van der Waals surface area contributed by atoms with Crippen LogP contribution in [0.2, 0.25) is 4.34 Å². The van der Waals surface area contributed by atoms with Crippen LogP contribution < -0.4 is 10.6 Å².